The van der Waals surface area contributed by atoms with E-state index in [1.165, 1.54) is 0 Å². The molecule has 2 aromatic heterocycles. The molecular formula is C14H20N4O2. The third kappa shape index (κ3) is 2.76. The predicted octanol–water partition coefficient (Wildman–Crippen LogP) is 1.77. The van der Waals surface area contributed by atoms with Gasteiger partial charge in [0.2, 0.25) is 0 Å². The number of aromatic nitrogens is 3. The summed E-state index contributed by atoms with van der Waals surface area (Å²) in [5, 5.41) is 8.17. The monoisotopic (exact) mass is 276 g/mol. The van der Waals surface area contributed by atoms with Crippen molar-refractivity contribution in [2.75, 3.05) is 19.7 Å². The summed E-state index contributed by atoms with van der Waals surface area (Å²) in [5.41, 5.74) is 0. The smallest absolute Gasteiger partial charge is 0.163 e. The molecule has 3 heterocycles. The van der Waals surface area contributed by atoms with Crippen LogP contribution in [0.15, 0.2) is 22.9 Å². The second-order valence-electron chi connectivity index (χ2n) is 5.08. The predicted molar refractivity (Wildman–Crippen MR) is 73.1 cm³/mol. The summed E-state index contributed by atoms with van der Waals surface area (Å²) in [6.45, 7) is 8.16. The standard InChI is InChI=1S/C14H20N4O2/c1-3-18-10-15-16-14(18)13-9-17(6-7-19-13)8-12-5-4-11(2)20-12/h4-5,10,13H,3,6-9H2,1-2H3. The molecule has 1 aliphatic rings. The van der Waals surface area contributed by atoms with E-state index in [1.54, 1.807) is 6.33 Å². The minimum atomic E-state index is -0.0118. The Balaban J connectivity index is 1.67. The van der Waals surface area contributed by atoms with Crippen LogP contribution in [0, 0.1) is 6.92 Å². The quantitative estimate of drug-likeness (QED) is 0.852. The molecule has 0 N–H and O–H groups in total. The number of morpholine rings is 1. The molecule has 1 atom stereocenters. The lowest BCUT2D eigenvalue weighted by molar-refractivity contribution is -0.0405. The maximum Gasteiger partial charge on any atom is 0.163 e. The summed E-state index contributed by atoms with van der Waals surface area (Å²) in [4.78, 5) is 2.33. The van der Waals surface area contributed by atoms with Crippen LogP contribution >= 0.6 is 0 Å². The van der Waals surface area contributed by atoms with E-state index in [0.29, 0.717) is 6.61 Å². The highest BCUT2D eigenvalue weighted by atomic mass is 16.5. The third-order valence-corrected chi connectivity index (χ3v) is 3.60. The van der Waals surface area contributed by atoms with Crippen LogP contribution in [0.4, 0.5) is 0 Å². The van der Waals surface area contributed by atoms with Crippen LogP contribution in [0.2, 0.25) is 0 Å². The fraction of sp³-hybridized carbons (Fsp3) is 0.571. The molecule has 3 rings (SSSR count). The van der Waals surface area contributed by atoms with Crippen molar-refractivity contribution in [1.82, 2.24) is 19.7 Å². The Hall–Kier alpha value is -1.66. The minimum Gasteiger partial charge on any atom is -0.465 e. The van der Waals surface area contributed by atoms with Crippen LogP contribution in [-0.4, -0.2) is 39.4 Å². The molecular weight excluding hydrogens is 256 g/mol. The van der Waals surface area contributed by atoms with Gasteiger partial charge in [0, 0.05) is 19.6 Å². The number of furan rings is 1. The van der Waals surface area contributed by atoms with Crippen molar-refractivity contribution in [1.29, 1.82) is 0 Å². The Morgan fingerprint density at radius 3 is 3.05 bits per heavy atom. The van der Waals surface area contributed by atoms with E-state index in [1.807, 2.05) is 23.6 Å². The number of hydrogen-bond donors (Lipinski definition) is 0. The Bertz CT molecular complexity index is 563. The van der Waals surface area contributed by atoms with E-state index < -0.39 is 0 Å². The zero-order valence-corrected chi connectivity index (χ0v) is 12.0. The van der Waals surface area contributed by atoms with Crippen molar-refractivity contribution >= 4 is 0 Å². The fourth-order valence-corrected chi connectivity index (χ4v) is 2.55. The Labute approximate surface area is 118 Å². The molecule has 1 fully saturated rings. The molecule has 0 aliphatic carbocycles. The highest BCUT2D eigenvalue weighted by Gasteiger charge is 2.26. The molecule has 0 radical (unpaired) electrons. The van der Waals surface area contributed by atoms with Crippen LogP contribution < -0.4 is 0 Å². The molecule has 2 aromatic rings. The molecule has 0 aromatic carbocycles. The van der Waals surface area contributed by atoms with Gasteiger partial charge in [0.15, 0.2) is 5.82 Å². The molecule has 0 saturated carbocycles. The van der Waals surface area contributed by atoms with Gasteiger partial charge in [-0.05, 0) is 26.0 Å². The van der Waals surface area contributed by atoms with E-state index in [9.17, 15) is 0 Å². The molecule has 1 aliphatic heterocycles. The lowest BCUT2D eigenvalue weighted by Gasteiger charge is -2.31. The molecule has 6 nitrogen and oxygen atoms in total. The minimum absolute atomic E-state index is 0.0118. The van der Waals surface area contributed by atoms with Crippen LogP contribution in [0.5, 0.6) is 0 Å². The first-order valence-corrected chi connectivity index (χ1v) is 7.03. The summed E-state index contributed by atoms with van der Waals surface area (Å²) >= 11 is 0. The first-order chi connectivity index (χ1) is 9.76. The molecule has 6 heteroatoms. The summed E-state index contributed by atoms with van der Waals surface area (Å²) in [7, 11) is 0. The second kappa shape index (κ2) is 5.76. The summed E-state index contributed by atoms with van der Waals surface area (Å²) in [5.74, 6) is 2.86. The Kier molecular flexibility index (Phi) is 3.84. The number of aryl methyl sites for hydroxylation is 2. The number of ether oxygens (including phenoxy) is 1. The Morgan fingerprint density at radius 1 is 1.40 bits per heavy atom. The Morgan fingerprint density at radius 2 is 2.30 bits per heavy atom. The first-order valence-electron chi connectivity index (χ1n) is 7.03. The first kappa shape index (κ1) is 13.3. The van der Waals surface area contributed by atoms with Crippen LogP contribution in [-0.2, 0) is 17.8 Å². The van der Waals surface area contributed by atoms with Gasteiger partial charge in [0.25, 0.3) is 0 Å². The zero-order valence-electron chi connectivity index (χ0n) is 12.0. The van der Waals surface area contributed by atoms with E-state index in [2.05, 4.69) is 22.0 Å². The van der Waals surface area contributed by atoms with E-state index in [0.717, 1.165) is 43.5 Å². The zero-order chi connectivity index (χ0) is 13.9. The average molecular weight is 276 g/mol. The highest BCUT2D eigenvalue weighted by molar-refractivity contribution is 5.06. The number of hydrogen-bond acceptors (Lipinski definition) is 5. The van der Waals surface area contributed by atoms with E-state index >= 15 is 0 Å². The third-order valence-electron chi connectivity index (χ3n) is 3.60. The SMILES string of the molecule is CCn1cnnc1C1CN(Cc2ccc(C)o2)CCO1. The molecule has 1 unspecified atom stereocenters. The van der Waals surface area contributed by atoms with E-state index in [-0.39, 0.29) is 6.10 Å². The molecule has 0 bridgehead atoms. The highest BCUT2D eigenvalue weighted by Crippen LogP contribution is 2.22. The molecule has 108 valence electrons. The summed E-state index contributed by atoms with van der Waals surface area (Å²) in [6.07, 6.45) is 1.75. The van der Waals surface area contributed by atoms with Crippen molar-refractivity contribution in [3.05, 3.63) is 35.8 Å². The van der Waals surface area contributed by atoms with E-state index in [4.69, 9.17) is 9.15 Å². The average Bonchev–Trinajstić information content (AvgIpc) is 3.08. The van der Waals surface area contributed by atoms with Crippen molar-refractivity contribution in [2.24, 2.45) is 0 Å². The maximum absolute atomic E-state index is 5.84. The van der Waals surface area contributed by atoms with Gasteiger partial charge < -0.3 is 13.7 Å². The summed E-state index contributed by atoms with van der Waals surface area (Å²) < 4.78 is 13.5. The van der Waals surface area contributed by atoms with Crippen molar-refractivity contribution in [2.45, 2.75) is 33.0 Å². The number of nitrogens with zero attached hydrogens (tertiary/aromatic N) is 4. The number of rotatable bonds is 4. The molecule has 0 amide bonds. The lowest BCUT2D eigenvalue weighted by atomic mass is 10.2. The van der Waals surface area contributed by atoms with Crippen molar-refractivity contribution in [3.8, 4) is 0 Å². The van der Waals surface area contributed by atoms with Crippen molar-refractivity contribution in [3.63, 3.8) is 0 Å². The maximum atomic E-state index is 5.84. The van der Waals surface area contributed by atoms with Crippen LogP contribution in [0.25, 0.3) is 0 Å². The molecule has 1 saturated heterocycles. The van der Waals surface area contributed by atoms with Crippen molar-refractivity contribution < 1.29 is 9.15 Å². The van der Waals surface area contributed by atoms with Gasteiger partial charge in [-0.15, -0.1) is 10.2 Å². The topological polar surface area (TPSA) is 56.3 Å². The molecule has 0 spiro atoms. The van der Waals surface area contributed by atoms with Gasteiger partial charge in [0.05, 0.1) is 13.2 Å². The van der Waals surface area contributed by atoms with Crippen LogP contribution in [0.3, 0.4) is 0 Å². The lowest BCUT2D eigenvalue weighted by Crippen LogP contribution is -2.38. The summed E-state index contributed by atoms with van der Waals surface area (Å²) in [6, 6.07) is 4.04. The van der Waals surface area contributed by atoms with Crippen LogP contribution in [0.1, 0.15) is 30.4 Å². The van der Waals surface area contributed by atoms with Gasteiger partial charge >= 0.3 is 0 Å². The van der Waals surface area contributed by atoms with Gasteiger partial charge in [0.1, 0.15) is 24.0 Å². The fourth-order valence-electron chi connectivity index (χ4n) is 2.55. The van der Waals surface area contributed by atoms with Gasteiger partial charge in [-0.3, -0.25) is 4.90 Å². The van der Waals surface area contributed by atoms with Gasteiger partial charge in [-0.1, -0.05) is 0 Å². The largest absolute Gasteiger partial charge is 0.465 e. The van der Waals surface area contributed by atoms with Gasteiger partial charge in [-0.2, -0.15) is 0 Å². The molecule has 20 heavy (non-hydrogen) atoms. The van der Waals surface area contributed by atoms with Gasteiger partial charge in [-0.25, -0.2) is 0 Å². The normalized spacial score (nSPS) is 20.4. The second-order valence-corrected chi connectivity index (χ2v) is 5.08.